The molecule has 0 radical (unpaired) electrons. The molecule has 0 aliphatic heterocycles. The normalized spacial score (nSPS) is 10.0. The number of benzene rings is 1. The van der Waals surface area contributed by atoms with Gasteiger partial charge in [-0.3, -0.25) is 0 Å². The number of ether oxygens (including phenoxy) is 1. The van der Waals surface area contributed by atoms with Gasteiger partial charge in [-0.05, 0) is 24.3 Å². The Labute approximate surface area is 105 Å². The van der Waals surface area contributed by atoms with Gasteiger partial charge < -0.3 is 10.1 Å². The highest BCUT2D eigenvalue weighted by atomic mass is 35.5. The van der Waals surface area contributed by atoms with Crippen molar-refractivity contribution in [3.05, 3.63) is 53.2 Å². The fraction of sp³-hybridized carbons (Fsp3) is 0.154. The average molecular weight is 249 g/mol. The van der Waals surface area contributed by atoms with Crippen LogP contribution in [0.3, 0.4) is 0 Å². The highest BCUT2D eigenvalue weighted by molar-refractivity contribution is 6.30. The minimum absolute atomic E-state index is 0.483. The van der Waals surface area contributed by atoms with Crippen LogP contribution in [0, 0.1) is 0 Å². The second-order valence-corrected chi connectivity index (χ2v) is 3.98. The van der Waals surface area contributed by atoms with Crippen molar-refractivity contribution in [2.45, 2.75) is 6.61 Å². The Morgan fingerprint density at radius 2 is 2.18 bits per heavy atom. The molecule has 0 aliphatic rings. The van der Waals surface area contributed by atoms with Crippen LogP contribution in [0.1, 0.15) is 5.56 Å². The van der Waals surface area contributed by atoms with Crippen molar-refractivity contribution in [2.75, 3.05) is 12.4 Å². The first-order valence-corrected chi connectivity index (χ1v) is 5.67. The van der Waals surface area contributed by atoms with Crippen LogP contribution in [0.15, 0.2) is 42.6 Å². The molecular formula is C13H13ClN2O. The molecular weight excluding hydrogens is 236 g/mol. The number of nitrogens with zero attached hydrogens (tertiary/aromatic N) is 1. The topological polar surface area (TPSA) is 34.1 Å². The van der Waals surface area contributed by atoms with Crippen molar-refractivity contribution in [3.63, 3.8) is 0 Å². The largest absolute Gasteiger partial charge is 0.489 e. The molecule has 1 heterocycles. The molecule has 0 unspecified atom stereocenters. The fourth-order valence-corrected chi connectivity index (χ4v) is 1.56. The number of nitrogens with one attached hydrogen (secondary N) is 1. The second kappa shape index (κ2) is 5.55. The first-order valence-electron chi connectivity index (χ1n) is 5.29. The molecule has 0 bridgehead atoms. The Bertz CT molecular complexity index is 485. The van der Waals surface area contributed by atoms with Crippen molar-refractivity contribution in [2.24, 2.45) is 0 Å². The van der Waals surface area contributed by atoms with Crippen LogP contribution in [-0.2, 0) is 6.61 Å². The molecule has 4 heteroatoms. The van der Waals surface area contributed by atoms with Crippen LogP contribution in [-0.4, -0.2) is 12.0 Å². The molecule has 0 atom stereocenters. The number of rotatable bonds is 4. The van der Waals surface area contributed by atoms with Crippen LogP contribution in [0.5, 0.6) is 5.75 Å². The Kier molecular flexibility index (Phi) is 3.83. The molecule has 0 aliphatic carbocycles. The summed E-state index contributed by atoms with van der Waals surface area (Å²) in [5.74, 6) is 1.60. The summed E-state index contributed by atoms with van der Waals surface area (Å²) < 4.78 is 5.60. The lowest BCUT2D eigenvalue weighted by atomic mass is 10.3. The van der Waals surface area contributed by atoms with Gasteiger partial charge in [0.25, 0.3) is 0 Å². The highest BCUT2D eigenvalue weighted by Crippen LogP contribution is 2.18. The lowest BCUT2D eigenvalue weighted by Gasteiger charge is -2.06. The summed E-state index contributed by atoms with van der Waals surface area (Å²) in [5, 5.41) is 3.64. The Balaban J connectivity index is 1.97. The third kappa shape index (κ3) is 3.36. The Morgan fingerprint density at radius 3 is 2.82 bits per heavy atom. The van der Waals surface area contributed by atoms with Gasteiger partial charge >= 0.3 is 0 Å². The van der Waals surface area contributed by atoms with E-state index in [0.717, 1.165) is 17.1 Å². The van der Waals surface area contributed by atoms with E-state index in [1.54, 1.807) is 12.3 Å². The minimum atomic E-state index is 0.483. The van der Waals surface area contributed by atoms with Gasteiger partial charge in [0.1, 0.15) is 18.2 Å². The summed E-state index contributed by atoms with van der Waals surface area (Å²) >= 11 is 5.87. The predicted molar refractivity (Wildman–Crippen MR) is 69.6 cm³/mol. The summed E-state index contributed by atoms with van der Waals surface area (Å²) in [4.78, 5) is 4.21. The van der Waals surface area contributed by atoms with Crippen molar-refractivity contribution >= 4 is 17.4 Å². The van der Waals surface area contributed by atoms with Gasteiger partial charge in [0, 0.05) is 23.8 Å². The van der Waals surface area contributed by atoms with E-state index in [1.165, 1.54) is 0 Å². The molecule has 1 N–H and O–H groups in total. The number of pyridine rings is 1. The minimum Gasteiger partial charge on any atom is -0.489 e. The van der Waals surface area contributed by atoms with Gasteiger partial charge in [0.15, 0.2) is 0 Å². The molecule has 0 spiro atoms. The van der Waals surface area contributed by atoms with Gasteiger partial charge in [0.05, 0.1) is 0 Å². The number of anilines is 1. The zero-order valence-corrected chi connectivity index (χ0v) is 10.2. The van der Waals surface area contributed by atoms with Crippen LogP contribution >= 0.6 is 11.6 Å². The zero-order chi connectivity index (χ0) is 12.1. The number of hydrogen-bond acceptors (Lipinski definition) is 3. The maximum Gasteiger partial charge on any atom is 0.125 e. The molecule has 88 valence electrons. The zero-order valence-electron chi connectivity index (χ0n) is 9.48. The molecule has 0 amide bonds. The molecule has 0 saturated heterocycles. The van der Waals surface area contributed by atoms with Gasteiger partial charge in [-0.2, -0.15) is 0 Å². The molecule has 3 nitrogen and oxygen atoms in total. The standard InChI is InChI=1S/C13H13ClN2O/c1-15-13-6-5-10(8-16-13)9-17-12-4-2-3-11(14)7-12/h2-8H,9H2,1H3,(H,15,16). The molecule has 2 aromatic rings. The van der Waals surface area contributed by atoms with Crippen molar-refractivity contribution in [1.29, 1.82) is 0 Å². The summed E-state index contributed by atoms with van der Waals surface area (Å²) in [6.07, 6.45) is 1.79. The molecule has 2 rings (SSSR count). The Morgan fingerprint density at radius 1 is 1.29 bits per heavy atom. The molecule has 0 fully saturated rings. The summed E-state index contributed by atoms with van der Waals surface area (Å²) in [6, 6.07) is 11.2. The van der Waals surface area contributed by atoms with Gasteiger partial charge in [-0.1, -0.05) is 23.7 Å². The number of aromatic nitrogens is 1. The quantitative estimate of drug-likeness (QED) is 0.901. The van der Waals surface area contributed by atoms with E-state index in [2.05, 4.69) is 10.3 Å². The number of hydrogen-bond donors (Lipinski definition) is 1. The van der Waals surface area contributed by atoms with Gasteiger partial charge in [0.2, 0.25) is 0 Å². The average Bonchev–Trinajstić information content (AvgIpc) is 2.37. The summed E-state index contributed by atoms with van der Waals surface area (Å²) in [7, 11) is 1.84. The smallest absolute Gasteiger partial charge is 0.125 e. The maximum atomic E-state index is 5.87. The predicted octanol–water partition coefficient (Wildman–Crippen LogP) is 3.36. The number of halogens is 1. The first-order chi connectivity index (χ1) is 8.28. The third-order valence-corrected chi connectivity index (χ3v) is 2.52. The van der Waals surface area contributed by atoms with Gasteiger partial charge in [-0.15, -0.1) is 0 Å². The van der Waals surface area contributed by atoms with Crippen LogP contribution < -0.4 is 10.1 Å². The maximum absolute atomic E-state index is 5.87. The van der Waals surface area contributed by atoms with Crippen molar-refractivity contribution in [3.8, 4) is 5.75 Å². The lowest BCUT2D eigenvalue weighted by Crippen LogP contribution is -1.97. The van der Waals surface area contributed by atoms with E-state index in [4.69, 9.17) is 16.3 Å². The monoisotopic (exact) mass is 248 g/mol. The van der Waals surface area contributed by atoms with Crippen LogP contribution in [0.4, 0.5) is 5.82 Å². The van der Waals surface area contributed by atoms with Crippen LogP contribution in [0.2, 0.25) is 5.02 Å². The molecule has 0 saturated carbocycles. The Hall–Kier alpha value is -1.74. The first kappa shape index (κ1) is 11.7. The third-order valence-electron chi connectivity index (χ3n) is 2.28. The highest BCUT2D eigenvalue weighted by Gasteiger charge is 1.98. The lowest BCUT2D eigenvalue weighted by molar-refractivity contribution is 0.306. The van der Waals surface area contributed by atoms with Gasteiger partial charge in [-0.25, -0.2) is 4.98 Å². The molecule has 1 aromatic carbocycles. The fourth-order valence-electron chi connectivity index (χ4n) is 1.38. The molecule has 1 aromatic heterocycles. The van der Waals surface area contributed by atoms with Crippen molar-refractivity contribution < 1.29 is 4.74 Å². The summed E-state index contributed by atoms with van der Waals surface area (Å²) in [6.45, 7) is 0.483. The van der Waals surface area contributed by atoms with E-state index in [9.17, 15) is 0 Å². The van der Waals surface area contributed by atoms with E-state index in [-0.39, 0.29) is 0 Å². The second-order valence-electron chi connectivity index (χ2n) is 3.55. The van der Waals surface area contributed by atoms with Crippen LogP contribution in [0.25, 0.3) is 0 Å². The SMILES string of the molecule is CNc1ccc(COc2cccc(Cl)c2)cn1. The summed E-state index contributed by atoms with van der Waals surface area (Å²) in [5.41, 5.74) is 1.02. The van der Waals surface area contributed by atoms with E-state index in [0.29, 0.717) is 11.6 Å². The van der Waals surface area contributed by atoms with E-state index in [1.807, 2.05) is 37.4 Å². The molecule has 17 heavy (non-hydrogen) atoms. The van der Waals surface area contributed by atoms with E-state index >= 15 is 0 Å². The van der Waals surface area contributed by atoms with E-state index < -0.39 is 0 Å². The van der Waals surface area contributed by atoms with Crippen molar-refractivity contribution in [1.82, 2.24) is 4.98 Å².